The van der Waals surface area contributed by atoms with Crippen molar-refractivity contribution in [3.05, 3.63) is 90.0 Å². The average molecular weight is 416 g/mol. The number of rotatable bonds is 9. The highest BCUT2D eigenvalue weighted by Crippen LogP contribution is 2.39. The van der Waals surface area contributed by atoms with Gasteiger partial charge in [-0.05, 0) is 41.8 Å². The number of hydrogen-bond acceptors (Lipinski definition) is 5. The smallest absolute Gasteiger partial charge is 0.162 e. The fraction of sp³-hybridized carbons (Fsp3) is 0.269. The van der Waals surface area contributed by atoms with Crippen molar-refractivity contribution >= 4 is 11.5 Å². The lowest BCUT2D eigenvalue weighted by Crippen LogP contribution is -2.38. The summed E-state index contributed by atoms with van der Waals surface area (Å²) in [6.07, 6.45) is 1.48. The van der Waals surface area contributed by atoms with Crippen LogP contribution in [0.5, 0.6) is 11.5 Å². The summed E-state index contributed by atoms with van der Waals surface area (Å²) >= 11 is 0. The Bertz CT molecular complexity index is 1020. The van der Waals surface area contributed by atoms with Gasteiger partial charge in [0.25, 0.3) is 0 Å². The van der Waals surface area contributed by atoms with E-state index in [4.69, 9.17) is 15.2 Å². The summed E-state index contributed by atoms with van der Waals surface area (Å²) < 4.78 is 12.9. The second-order valence-corrected chi connectivity index (χ2v) is 7.72. The van der Waals surface area contributed by atoms with Gasteiger partial charge in [0.1, 0.15) is 18.0 Å². The number of nitrogen functional groups attached to an aromatic ring is 1. The normalized spacial score (nSPS) is 14.9. The third-order valence-corrected chi connectivity index (χ3v) is 5.60. The second kappa shape index (κ2) is 9.56. The molecule has 1 aliphatic heterocycles. The van der Waals surface area contributed by atoms with Crippen LogP contribution in [-0.4, -0.2) is 18.9 Å². The highest BCUT2D eigenvalue weighted by atomic mass is 16.5. The molecule has 3 aromatic carbocycles. The molecule has 3 N–H and O–H groups in total. The highest BCUT2D eigenvalue weighted by Gasteiger charge is 2.36. The summed E-state index contributed by atoms with van der Waals surface area (Å²) in [5.74, 6) is 2.43. The predicted octanol–water partition coefficient (Wildman–Crippen LogP) is 4.92. The summed E-state index contributed by atoms with van der Waals surface area (Å²) in [7, 11) is 0. The van der Waals surface area contributed by atoms with Crippen molar-refractivity contribution in [3.63, 3.8) is 0 Å². The molecule has 160 valence electrons. The van der Waals surface area contributed by atoms with Gasteiger partial charge in [-0.25, -0.2) is 0 Å². The van der Waals surface area contributed by atoms with E-state index in [9.17, 15) is 0 Å². The predicted molar refractivity (Wildman–Crippen MR) is 126 cm³/mol. The zero-order valence-electron chi connectivity index (χ0n) is 17.9. The summed E-state index contributed by atoms with van der Waals surface area (Å²) in [6.45, 7) is 4.29. The highest BCUT2D eigenvalue weighted by molar-refractivity contribution is 5.84. The van der Waals surface area contributed by atoms with Gasteiger partial charge in [0.2, 0.25) is 0 Å². The van der Waals surface area contributed by atoms with Crippen LogP contribution in [0.1, 0.15) is 30.9 Å². The zero-order chi connectivity index (χ0) is 21.5. The molecule has 1 aliphatic rings. The Morgan fingerprint density at radius 1 is 0.935 bits per heavy atom. The molecule has 4 rings (SSSR count). The van der Waals surface area contributed by atoms with Crippen molar-refractivity contribution in [2.24, 2.45) is 4.99 Å². The first-order valence-electron chi connectivity index (χ1n) is 10.8. The third kappa shape index (κ3) is 5.00. The molecule has 1 heterocycles. The number of benzene rings is 3. The lowest BCUT2D eigenvalue weighted by molar-refractivity contribution is 0.0639. The Morgan fingerprint density at radius 3 is 2.32 bits per heavy atom. The summed E-state index contributed by atoms with van der Waals surface area (Å²) in [5, 5.41) is 3.40. The summed E-state index contributed by atoms with van der Waals surface area (Å²) in [6, 6.07) is 25.9. The molecule has 0 aromatic heterocycles. The topological polar surface area (TPSA) is 68.9 Å². The molecule has 0 saturated carbocycles. The van der Waals surface area contributed by atoms with E-state index in [0.29, 0.717) is 13.0 Å². The van der Waals surface area contributed by atoms with E-state index in [1.165, 1.54) is 0 Å². The van der Waals surface area contributed by atoms with Crippen LogP contribution in [0, 0.1) is 0 Å². The summed E-state index contributed by atoms with van der Waals surface area (Å²) in [4.78, 5) is 4.63. The van der Waals surface area contributed by atoms with E-state index in [1.54, 1.807) is 0 Å². The number of amidine groups is 1. The Morgan fingerprint density at radius 2 is 1.65 bits per heavy atom. The maximum absolute atomic E-state index is 6.77. The van der Waals surface area contributed by atoms with Gasteiger partial charge in [-0.3, -0.25) is 4.99 Å². The van der Waals surface area contributed by atoms with Crippen LogP contribution in [0.25, 0.3) is 0 Å². The molecule has 5 heteroatoms. The van der Waals surface area contributed by atoms with Gasteiger partial charge in [0.05, 0.1) is 6.54 Å². The van der Waals surface area contributed by atoms with Crippen LogP contribution < -0.4 is 20.5 Å². The Balaban J connectivity index is 1.61. The van der Waals surface area contributed by atoms with Gasteiger partial charge in [-0.1, -0.05) is 61.5 Å². The van der Waals surface area contributed by atoms with E-state index in [0.717, 1.165) is 53.7 Å². The summed E-state index contributed by atoms with van der Waals surface area (Å²) in [5.41, 5.74) is 8.17. The number of nitrogens with two attached hydrogens (primary N) is 1. The molecule has 0 amide bonds. The number of ether oxygens (including phenoxy) is 2. The van der Waals surface area contributed by atoms with Crippen molar-refractivity contribution in [1.82, 2.24) is 5.32 Å². The SMILES string of the molecule is CCC(CC1=NCCN1)(Oc1ccccc1OCc1ccc(N)cc1)c1ccccc1. The van der Waals surface area contributed by atoms with E-state index < -0.39 is 5.60 Å². The number of para-hydroxylation sites is 2. The minimum absolute atomic E-state index is 0.444. The average Bonchev–Trinajstić information content (AvgIpc) is 3.32. The second-order valence-electron chi connectivity index (χ2n) is 7.72. The maximum Gasteiger partial charge on any atom is 0.162 e. The van der Waals surface area contributed by atoms with Crippen LogP contribution in [0.2, 0.25) is 0 Å². The largest absolute Gasteiger partial charge is 0.485 e. The molecule has 0 fully saturated rings. The molecular weight excluding hydrogens is 386 g/mol. The third-order valence-electron chi connectivity index (χ3n) is 5.60. The van der Waals surface area contributed by atoms with E-state index in [2.05, 4.69) is 41.5 Å². The molecule has 0 spiro atoms. The van der Waals surface area contributed by atoms with Gasteiger partial charge in [0.15, 0.2) is 11.5 Å². The van der Waals surface area contributed by atoms with Crippen LogP contribution in [-0.2, 0) is 12.2 Å². The standard InChI is InChI=1S/C26H29N3O2/c1-2-26(18-25-28-16-17-29-25,21-8-4-3-5-9-21)31-24-11-7-6-10-23(24)30-19-20-12-14-22(27)15-13-20/h3-15H,2,16-19,27H2,1H3,(H,28,29). The molecule has 1 unspecified atom stereocenters. The number of hydrogen-bond donors (Lipinski definition) is 2. The number of aliphatic imine (C=N–C) groups is 1. The molecule has 3 aromatic rings. The van der Waals surface area contributed by atoms with Crippen molar-refractivity contribution < 1.29 is 9.47 Å². The fourth-order valence-corrected chi connectivity index (χ4v) is 3.82. The van der Waals surface area contributed by atoms with Crippen LogP contribution in [0.15, 0.2) is 83.9 Å². The lowest BCUT2D eigenvalue weighted by Gasteiger charge is -2.35. The minimum Gasteiger partial charge on any atom is -0.485 e. The number of nitrogens with zero attached hydrogens (tertiary/aromatic N) is 1. The van der Waals surface area contributed by atoms with Crippen LogP contribution in [0.4, 0.5) is 5.69 Å². The van der Waals surface area contributed by atoms with Gasteiger partial charge in [0, 0.05) is 18.7 Å². The monoisotopic (exact) mass is 415 g/mol. The zero-order valence-corrected chi connectivity index (χ0v) is 17.9. The van der Waals surface area contributed by atoms with Crippen LogP contribution >= 0.6 is 0 Å². The van der Waals surface area contributed by atoms with Crippen molar-refractivity contribution in [3.8, 4) is 11.5 Å². The van der Waals surface area contributed by atoms with Gasteiger partial charge in [-0.15, -0.1) is 0 Å². The van der Waals surface area contributed by atoms with Crippen molar-refractivity contribution in [2.45, 2.75) is 32.0 Å². The van der Waals surface area contributed by atoms with Crippen molar-refractivity contribution in [1.29, 1.82) is 0 Å². The quantitative estimate of drug-likeness (QED) is 0.487. The van der Waals surface area contributed by atoms with Gasteiger partial charge >= 0.3 is 0 Å². The van der Waals surface area contributed by atoms with E-state index in [1.807, 2.05) is 54.6 Å². The first kappa shape index (κ1) is 20.8. The maximum atomic E-state index is 6.77. The molecular formula is C26H29N3O2. The first-order chi connectivity index (χ1) is 15.2. The number of nitrogens with one attached hydrogen (secondary N) is 1. The minimum atomic E-state index is -0.544. The molecule has 0 bridgehead atoms. The molecule has 0 radical (unpaired) electrons. The Hall–Kier alpha value is -3.47. The first-order valence-corrected chi connectivity index (χ1v) is 10.8. The Kier molecular flexibility index (Phi) is 6.41. The molecule has 31 heavy (non-hydrogen) atoms. The van der Waals surface area contributed by atoms with E-state index >= 15 is 0 Å². The molecule has 5 nitrogen and oxygen atoms in total. The van der Waals surface area contributed by atoms with Crippen LogP contribution in [0.3, 0.4) is 0 Å². The Labute approximate surface area is 183 Å². The molecule has 1 atom stereocenters. The van der Waals surface area contributed by atoms with Gasteiger partial charge < -0.3 is 20.5 Å². The number of anilines is 1. The fourth-order valence-electron chi connectivity index (χ4n) is 3.82. The molecule has 0 aliphatic carbocycles. The van der Waals surface area contributed by atoms with E-state index in [-0.39, 0.29) is 0 Å². The lowest BCUT2D eigenvalue weighted by atomic mass is 9.87. The van der Waals surface area contributed by atoms with Gasteiger partial charge in [-0.2, -0.15) is 0 Å². The van der Waals surface area contributed by atoms with Crippen molar-refractivity contribution in [2.75, 3.05) is 18.8 Å². The molecule has 0 saturated heterocycles.